The molecule has 8 heteroatoms. The molecule has 0 spiro atoms. The first-order valence-electron chi connectivity index (χ1n) is 11.3. The molecule has 0 bridgehead atoms. The molecule has 7 nitrogen and oxygen atoms in total. The van der Waals surface area contributed by atoms with Crippen LogP contribution in [0.2, 0.25) is 5.02 Å². The molecule has 1 aromatic heterocycles. The van der Waals surface area contributed by atoms with Crippen LogP contribution in [0.4, 0.5) is 0 Å². The number of likely N-dealkylation sites (tertiary alicyclic amines) is 1. The number of carbonyl (C=O) groups is 2. The first-order valence-corrected chi connectivity index (χ1v) is 11.7. The Hall–Kier alpha value is -2.38. The summed E-state index contributed by atoms with van der Waals surface area (Å²) in [5.41, 5.74) is 1.38. The van der Waals surface area contributed by atoms with E-state index in [0.29, 0.717) is 49.7 Å². The molecule has 2 heterocycles. The molecule has 1 aromatic carbocycles. The number of hydrogen-bond acceptors (Lipinski definition) is 6. The van der Waals surface area contributed by atoms with E-state index in [1.165, 1.54) is 6.26 Å². The summed E-state index contributed by atoms with van der Waals surface area (Å²) in [4.78, 5) is 33.4. The average Bonchev–Trinajstić information content (AvgIpc) is 3.26. The summed E-state index contributed by atoms with van der Waals surface area (Å²) in [7, 11) is 0. The van der Waals surface area contributed by atoms with Crippen LogP contribution in [0.3, 0.4) is 0 Å². The number of aromatic nitrogens is 1. The lowest BCUT2D eigenvalue weighted by molar-refractivity contribution is -0.149. The van der Waals surface area contributed by atoms with E-state index >= 15 is 0 Å². The van der Waals surface area contributed by atoms with E-state index in [4.69, 9.17) is 20.8 Å². The summed E-state index contributed by atoms with van der Waals surface area (Å²) < 4.78 is 10.8. The first-order chi connectivity index (χ1) is 15.4. The maximum Gasteiger partial charge on any atom is 0.310 e. The summed E-state index contributed by atoms with van der Waals surface area (Å²) in [6, 6.07) is 8.10. The summed E-state index contributed by atoms with van der Waals surface area (Å²) >= 11 is 6.14. The number of piperidine rings is 1. The van der Waals surface area contributed by atoms with Gasteiger partial charge in [0.1, 0.15) is 6.26 Å². The Labute approximate surface area is 194 Å². The van der Waals surface area contributed by atoms with E-state index < -0.39 is 0 Å². The van der Waals surface area contributed by atoms with Crippen LogP contribution in [0.1, 0.15) is 62.0 Å². The number of hydrogen-bond donors (Lipinski definition) is 0. The average molecular weight is 462 g/mol. The van der Waals surface area contributed by atoms with Crippen LogP contribution in [0.25, 0.3) is 0 Å². The zero-order valence-corrected chi connectivity index (χ0v) is 19.8. The molecule has 0 saturated carbocycles. The molecular formula is C24H32ClN3O4. The Morgan fingerprint density at radius 1 is 1.34 bits per heavy atom. The number of ether oxygens (including phenoxy) is 1. The lowest BCUT2D eigenvalue weighted by Gasteiger charge is -2.30. The summed E-state index contributed by atoms with van der Waals surface area (Å²) in [6.07, 6.45) is 3.89. The second kappa shape index (κ2) is 11.5. The number of rotatable bonds is 9. The number of amides is 1. The predicted molar refractivity (Wildman–Crippen MR) is 122 cm³/mol. The third-order valence-electron chi connectivity index (χ3n) is 5.93. The zero-order chi connectivity index (χ0) is 23.1. The van der Waals surface area contributed by atoms with Gasteiger partial charge in [0.15, 0.2) is 5.69 Å². The van der Waals surface area contributed by atoms with Gasteiger partial charge in [-0.15, -0.1) is 0 Å². The third-order valence-corrected chi connectivity index (χ3v) is 6.16. The highest BCUT2D eigenvalue weighted by Crippen LogP contribution is 2.21. The summed E-state index contributed by atoms with van der Waals surface area (Å²) in [5.74, 6) is -0.234. The zero-order valence-electron chi connectivity index (χ0n) is 19.1. The number of benzene rings is 1. The van der Waals surface area contributed by atoms with Crippen molar-refractivity contribution in [2.45, 2.75) is 59.2 Å². The second-order valence-corrected chi connectivity index (χ2v) is 8.70. The standard InChI is InChI=1S/C24H32ClN3O4/c1-4-17(3)28(13-18-8-6-10-20(25)12-18)15-22-26-21(16-32-22)23(29)27-11-7-9-19(14-27)24(30)31-5-2/h6,8,10,12,16-17,19H,4-5,7,9,11,13-15H2,1-3H3/t17-,19+/m0/s1. The van der Waals surface area contributed by atoms with Gasteiger partial charge in [0.25, 0.3) is 5.91 Å². The van der Waals surface area contributed by atoms with Gasteiger partial charge in [-0.05, 0) is 50.8 Å². The minimum Gasteiger partial charge on any atom is -0.466 e. The highest BCUT2D eigenvalue weighted by molar-refractivity contribution is 6.30. The smallest absolute Gasteiger partial charge is 0.310 e. The molecule has 0 aliphatic carbocycles. The Balaban J connectivity index is 1.66. The van der Waals surface area contributed by atoms with Crippen molar-refractivity contribution >= 4 is 23.5 Å². The minimum absolute atomic E-state index is 0.209. The first kappa shape index (κ1) is 24.3. The van der Waals surface area contributed by atoms with Gasteiger partial charge in [-0.3, -0.25) is 14.5 Å². The second-order valence-electron chi connectivity index (χ2n) is 8.26. The number of nitrogens with zero attached hydrogens (tertiary/aromatic N) is 3. The number of esters is 1. The molecule has 1 aliphatic rings. The molecular weight excluding hydrogens is 430 g/mol. The molecule has 1 amide bonds. The van der Waals surface area contributed by atoms with Gasteiger partial charge in [0.2, 0.25) is 5.89 Å². The van der Waals surface area contributed by atoms with Crippen molar-refractivity contribution < 1.29 is 18.7 Å². The van der Waals surface area contributed by atoms with Gasteiger partial charge in [0.05, 0.1) is 19.1 Å². The van der Waals surface area contributed by atoms with E-state index in [1.54, 1.807) is 11.8 Å². The van der Waals surface area contributed by atoms with Crippen LogP contribution < -0.4 is 0 Å². The fourth-order valence-electron chi connectivity index (χ4n) is 3.93. The van der Waals surface area contributed by atoms with Crippen molar-refractivity contribution in [3.05, 3.63) is 52.7 Å². The van der Waals surface area contributed by atoms with Gasteiger partial charge in [-0.1, -0.05) is 30.7 Å². The number of oxazole rings is 1. The van der Waals surface area contributed by atoms with Crippen molar-refractivity contribution in [3.8, 4) is 0 Å². The minimum atomic E-state index is -0.280. The summed E-state index contributed by atoms with van der Waals surface area (Å²) in [6.45, 7) is 8.57. The quantitative estimate of drug-likeness (QED) is 0.510. The molecule has 2 atom stereocenters. The van der Waals surface area contributed by atoms with Gasteiger partial charge >= 0.3 is 5.97 Å². The normalized spacial score (nSPS) is 17.4. The Kier molecular flexibility index (Phi) is 8.70. The van der Waals surface area contributed by atoms with Crippen LogP contribution in [-0.2, 0) is 22.6 Å². The summed E-state index contributed by atoms with van der Waals surface area (Å²) in [5, 5.41) is 0.707. The molecule has 32 heavy (non-hydrogen) atoms. The Morgan fingerprint density at radius 3 is 2.88 bits per heavy atom. The van der Waals surface area contributed by atoms with Crippen LogP contribution in [0.15, 0.2) is 34.9 Å². The van der Waals surface area contributed by atoms with E-state index in [-0.39, 0.29) is 23.5 Å². The molecule has 1 saturated heterocycles. The highest BCUT2D eigenvalue weighted by atomic mass is 35.5. The third kappa shape index (κ3) is 6.33. The van der Waals surface area contributed by atoms with E-state index in [9.17, 15) is 9.59 Å². The van der Waals surface area contributed by atoms with Crippen molar-refractivity contribution in [1.29, 1.82) is 0 Å². The van der Waals surface area contributed by atoms with Crippen LogP contribution in [-0.4, -0.2) is 52.4 Å². The molecule has 0 N–H and O–H groups in total. The van der Waals surface area contributed by atoms with Crippen LogP contribution in [0.5, 0.6) is 0 Å². The molecule has 0 unspecified atom stereocenters. The molecule has 174 valence electrons. The van der Waals surface area contributed by atoms with Gasteiger partial charge < -0.3 is 14.1 Å². The molecule has 0 radical (unpaired) electrons. The predicted octanol–water partition coefficient (Wildman–Crippen LogP) is 4.54. The van der Waals surface area contributed by atoms with E-state index in [0.717, 1.165) is 24.8 Å². The Bertz CT molecular complexity index is 916. The fourth-order valence-corrected chi connectivity index (χ4v) is 4.14. The van der Waals surface area contributed by atoms with Crippen molar-refractivity contribution in [2.24, 2.45) is 5.92 Å². The lowest BCUT2D eigenvalue weighted by atomic mass is 9.98. The van der Waals surface area contributed by atoms with Crippen LogP contribution >= 0.6 is 11.6 Å². The SMILES string of the molecule is CCOC(=O)[C@@H]1CCCN(C(=O)c2coc(CN(Cc3cccc(Cl)c3)[C@@H](C)CC)n2)C1. The van der Waals surface area contributed by atoms with Gasteiger partial charge in [-0.2, -0.15) is 0 Å². The maximum absolute atomic E-state index is 13.0. The van der Waals surface area contributed by atoms with Gasteiger partial charge in [0, 0.05) is 30.7 Å². The largest absolute Gasteiger partial charge is 0.466 e. The molecule has 1 fully saturated rings. The van der Waals surface area contributed by atoms with Gasteiger partial charge in [-0.25, -0.2) is 4.98 Å². The van der Waals surface area contributed by atoms with E-state index in [2.05, 4.69) is 23.7 Å². The lowest BCUT2D eigenvalue weighted by Crippen LogP contribution is -2.43. The van der Waals surface area contributed by atoms with Crippen molar-refractivity contribution in [3.63, 3.8) is 0 Å². The molecule has 1 aliphatic heterocycles. The number of carbonyl (C=O) groups excluding carboxylic acids is 2. The monoisotopic (exact) mass is 461 g/mol. The van der Waals surface area contributed by atoms with Crippen molar-refractivity contribution in [1.82, 2.24) is 14.8 Å². The van der Waals surface area contributed by atoms with Crippen molar-refractivity contribution in [2.75, 3.05) is 19.7 Å². The number of halogens is 1. The maximum atomic E-state index is 13.0. The highest BCUT2D eigenvalue weighted by Gasteiger charge is 2.31. The fraction of sp³-hybridized carbons (Fsp3) is 0.542. The Morgan fingerprint density at radius 2 is 2.16 bits per heavy atom. The topological polar surface area (TPSA) is 75.9 Å². The molecule has 3 rings (SSSR count). The van der Waals surface area contributed by atoms with E-state index in [1.807, 2.05) is 24.3 Å². The molecule has 2 aromatic rings. The van der Waals surface area contributed by atoms with Crippen LogP contribution in [0, 0.1) is 5.92 Å².